The van der Waals surface area contributed by atoms with Gasteiger partial charge in [-0.05, 0) is 25.2 Å². The topological polar surface area (TPSA) is 57.6 Å². The molecule has 0 aromatic heterocycles. The van der Waals surface area contributed by atoms with Gasteiger partial charge in [-0.3, -0.25) is 9.59 Å². The van der Waals surface area contributed by atoms with Crippen LogP contribution in [0, 0.1) is 5.92 Å². The molecule has 2 fully saturated rings. The van der Waals surface area contributed by atoms with Gasteiger partial charge in [0.2, 0.25) is 5.91 Å². The Morgan fingerprint density at radius 1 is 1.00 bits per heavy atom. The molecule has 1 N–H and O–H groups in total. The Kier molecular flexibility index (Phi) is 5.23. The summed E-state index contributed by atoms with van der Waals surface area (Å²) in [6.45, 7) is -0.117. The number of rotatable bonds is 6. The van der Waals surface area contributed by atoms with Crippen molar-refractivity contribution in [1.82, 2.24) is 4.90 Å². The third-order valence-corrected chi connectivity index (χ3v) is 4.63. The minimum absolute atomic E-state index is 0.0567. The second-order valence-corrected chi connectivity index (χ2v) is 6.04. The SMILES string of the molecule is O=C(O)CN(C(=O)CCC1CCCC1)C1CCCC1. The van der Waals surface area contributed by atoms with Gasteiger partial charge in [0, 0.05) is 12.5 Å². The second kappa shape index (κ2) is 6.92. The summed E-state index contributed by atoms with van der Waals surface area (Å²) in [7, 11) is 0. The Morgan fingerprint density at radius 3 is 2.16 bits per heavy atom. The van der Waals surface area contributed by atoms with Gasteiger partial charge in [0.05, 0.1) is 0 Å². The van der Waals surface area contributed by atoms with E-state index in [1.54, 1.807) is 4.90 Å². The van der Waals surface area contributed by atoms with E-state index in [2.05, 4.69) is 0 Å². The minimum Gasteiger partial charge on any atom is -0.480 e. The molecule has 19 heavy (non-hydrogen) atoms. The van der Waals surface area contributed by atoms with Gasteiger partial charge in [0.1, 0.15) is 6.54 Å². The Balaban J connectivity index is 1.84. The quantitative estimate of drug-likeness (QED) is 0.805. The first-order valence-corrected chi connectivity index (χ1v) is 7.68. The molecule has 2 rings (SSSR count). The Bertz CT molecular complexity index is 317. The van der Waals surface area contributed by atoms with Crippen LogP contribution < -0.4 is 0 Å². The lowest BCUT2D eigenvalue weighted by molar-refractivity contribution is -0.146. The lowest BCUT2D eigenvalue weighted by atomic mass is 10.0. The van der Waals surface area contributed by atoms with Gasteiger partial charge in [-0.15, -0.1) is 0 Å². The maximum absolute atomic E-state index is 12.3. The molecule has 4 nitrogen and oxygen atoms in total. The van der Waals surface area contributed by atoms with E-state index < -0.39 is 5.97 Å². The minimum atomic E-state index is -0.888. The van der Waals surface area contributed by atoms with E-state index in [1.165, 1.54) is 25.7 Å². The van der Waals surface area contributed by atoms with Gasteiger partial charge in [-0.25, -0.2) is 0 Å². The first-order valence-electron chi connectivity index (χ1n) is 7.68. The first kappa shape index (κ1) is 14.4. The maximum atomic E-state index is 12.3. The monoisotopic (exact) mass is 267 g/mol. The van der Waals surface area contributed by atoms with Crippen LogP contribution in [0.4, 0.5) is 0 Å². The second-order valence-electron chi connectivity index (χ2n) is 6.04. The summed E-state index contributed by atoms with van der Waals surface area (Å²) in [5.41, 5.74) is 0. The number of hydrogen-bond acceptors (Lipinski definition) is 2. The Morgan fingerprint density at radius 2 is 1.58 bits per heavy atom. The molecule has 0 bridgehead atoms. The van der Waals surface area contributed by atoms with Crippen molar-refractivity contribution in [2.45, 2.75) is 70.3 Å². The van der Waals surface area contributed by atoms with Crippen LogP contribution in [-0.2, 0) is 9.59 Å². The van der Waals surface area contributed by atoms with E-state index in [4.69, 9.17) is 5.11 Å². The number of nitrogens with zero attached hydrogens (tertiary/aromatic N) is 1. The normalized spacial score (nSPS) is 20.8. The molecule has 0 unspecified atom stereocenters. The molecule has 0 atom stereocenters. The lowest BCUT2D eigenvalue weighted by Crippen LogP contribution is -2.42. The smallest absolute Gasteiger partial charge is 0.323 e. The maximum Gasteiger partial charge on any atom is 0.323 e. The fraction of sp³-hybridized carbons (Fsp3) is 0.867. The molecule has 2 saturated carbocycles. The summed E-state index contributed by atoms with van der Waals surface area (Å²) in [4.78, 5) is 24.9. The molecule has 1 amide bonds. The summed E-state index contributed by atoms with van der Waals surface area (Å²) < 4.78 is 0. The number of carbonyl (C=O) groups excluding carboxylic acids is 1. The molecule has 4 heteroatoms. The van der Waals surface area contributed by atoms with E-state index >= 15 is 0 Å². The van der Waals surface area contributed by atoms with Crippen LogP contribution in [0.5, 0.6) is 0 Å². The Labute approximate surface area is 115 Å². The highest BCUT2D eigenvalue weighted by Gasteiger charge is 2.28. The molecule has 0 aromatic rings. The zero-order valence-electron chi connectivity index (χ0n) is 11.6. The van der Waals surface area contributed by atoms with Gasteiger partial charge >= 0.3 is 5.97 Å². The van der Waals surface area contributed by atoms with E-state index in [-0.39, 0.29) is 18.5 Å². The molecule has 108 valence electrons. The number of carboxylic acids is 1. The largest absolute Gasteiger partial charge is 0.480 e. The zero-order chi connectivity index (χ0) is 13.7. The molecule has 2 aliphatic rings. The van der Waals surface area contributed by atoms with E-state index in [0.29, 0.717) is 12.3 Å². The van der Waals surface area contributed by atoms with Crippen molar-refractivity contribution < 1.29 is 14.7 Å². The van der Waals surface area contributed by atoms with Crippen LogP contribution in [0.2, 0.25) is 0 Å². The molecular weight excluding hydrogens is 242 g/mol. The third-order valence-electron chi connectivity index (χ3n) is 4.63. The molecule has 0 radical (unpaired) electrons. The van der Waals surface area contributed by atoms with Gasteiger partial charge < -0.3 is 10.0 Å². The summed E-state index contributed by atoms with van der Waals surface area (Å²) >= 11 is 0. The number of carbonyl (C=O) groups is 2. The van der Waals surface area contributed by atoms with Crippen LogP contribution in [0.15, 0.2) is 0 Å². The zero-order valence-corrected chi connectivity index (χ0v) is 11.6. The first-order chi connectivity index (χ1) is 9.16. The summed E-state index contributed by atoms with van der Waals surface area (Å²) in [5, 5.41) is 8.98. The average Bonchev–Trinajstić information content (AvgIpc) is 3.05. The van der Waals surface area contributed by atoms with Gasteiger partial charge in [-0.2, -0.15) is 0 Å². The average molecular weight is 267 g/mol. The van der Waals surface area contributed by atoms with Crippen molar-refractivity contribution in [2.24, 2.45) is 5.92 Å². The van der Waals surface area contributed by atoms with E-state index in [9.17, 15) is 9.59 Å². The van der Waals surface area contributed by atoms with Crippen molar-refractivity contribution in [3.05, 3.63) is 0 Å². The number of hydrogen-bond donors (Lipinski definition) is 1. The summed E-state index contributed by atoms with van der Waals surface area (Å²) in [6.07, 6.45) is 10.8. The molecule has 0 aromatic carbocycles. The highest BCUT2D eigenvalue weighted by atomic mass is 16.4. The molecule has 0 saturated heterocycles. The third kappa shape index (κ3) is 4.22. The van der Waals surface area contributed by atoms with Crippen LogP contribution >= 0.6 is 0 Å². The van der Waals surface area contributed by atoms with Crippen molar-refractivity contribution in [3.63, 3.8) is 0 Å². The van der Waals surface area contributed by atoms with E-state index in [1.807, 2.05) is 0 Å². The number of amides is 1. The van der Waals surface area contributed by atoms with Crippen LogP contribution in [0.3, 0.4) is 0 Å². The summed E-state index contributed by atoms with van der Waals surface area (Å²) in [6, 6.07) is 0.173. The molecular formula is C15H25NO3. The molecule has 0 heterocycles. The number of carboxylic acid groups (broad SMARTS) is 1. The van der Waals surface area contributed by atoms with Crippen LogP contribution in [0.25, 0.3) is 0 Å². The predicted octanol–water partition coefficient (Wildman–Crippen LogP) is 2.81. The fourth-order valence-electron chi connectivity index (χ4n) is 3.55. The van der Waals surface area contributed by atoms with Crippen LogP contribution in [-0.4, -0.2) is 34.5 Å². The van der Waals surface area contributed by atoms with Crippen molar-refractivity contribution in [3.8, 4) is 0 Å². The molecule has 0 aliphatic heterocycles. The van der Waals surface area contributed by atoms with E-state index in [0.717, 1.165) is 32.1 Å². The number of aliphatic carboxylic acids is 1. The summed E-state index contributed by atoms with van der Waals surface area (Å²) in [5.74, 6) is -0.137. The van der Waals surface area contributed by atoms with Crippen LogP contribution in [0.1, 0.15) is 64.2 Å². The van der Waals surface area contributed by atoms with Crippen molar-refractivity contribution in [1.29, 1.82) is 0 Å². The predicted molar refractivity (Wildman–Crippen MR) is 72.8 cm³/mol. The van der Waals surface area contributed by atoms with Crippen molar-refractivity contribution >= 4 is 11.9 Å². The fourth-order valence-corrected chi connectivity index (χ4v) is 3.55. The van der Waals surface area contributed by atoms with Gasteiger partial charge in [-0.1, -0.05) is 38.5 Å². The Hall–Kier alpha value is -1.06. The van der Waals surface area contributed by atoms with Gasteiger partial charge in [0.15, 0.2) is 0 Å². The lowest BCUT2D eigenvalue weighted by Gasteiger charge is -2.27. The highest BCUT2D eigenvalue weighted by molar-refractivity contribution is 5.81. The van der Waals surface area contributed by atoms with Gasteiger partial charge in [0.25, 0.3) is 0 Å². The highest BCUT2D eigenvalue weighted by Crippen LogP contribution is 2.29. The molecule has 2 aliphatic carbocycles. The molecule has 0 spiro atoms. The standard InChI is InChI=1S/C15H25NO3/c17-14(10-9-12-5-1-2-6-12)16(11-15(18)19)13-7-3-4-8-13/h12-13H,1-11H2,(H,18,19). The van der Waals surface area contributed by atoms with Crippen molar-refractivity contribution in [2.75, 3.05) is 6.54 Å².